The smallest absolute Gasteiger partial charge is 0.229 e. The molecule has 2 unspecified atom stereocenters. The van der Waals surface area contributed by atoms with Crippen molar-refractivity contribution in [2.24, 2.45) is 0 Å². The van der Waals surface area contributed by atoms with Gasteiger partial charge in [0.2, 0.25) is 12.6 Å². The first kappa shape index (κ1) is 11.8. The van der Waals surface area contributed by atoms with E-state index in [-0.39, 0.29) is 12.8 Å². The van der Waals surface area contributed by atoms with Crippen molar-refractivity contribution in [1.29, 1.82) is 0 Å². The van der Waals surface area contributed by atoms with Crippen LogP contribution in [-0.4, -0.2) is 33.6 Å². The molecule has 0 aromatic heterocycles. The summed E-state index contributed by atoms with van der Waals surface area (Å²) in [6, 6.07) is -0.763. The molecule has 0 aliphatic carbocycles. The third-order valence-electron chi connectivity index (χ3n) is 1.64. The zero-order chi connectivity index (χ0) is 10.4. The first-order valence-electron chi connectivity index (χ1n) is 3.87. The lowest BCUT2D eigenvalue weighted by Gasteiger charge is -2.06. The molecule has 0 heterocycles. The quantitative estimate of drug-likeness (QED) is 0.473. The molecule has 13 heavy (non-hydrogen) atoms. The predicted octanol–water partition coefficient (Wildman–Crippen LogP) is 0.0694. The highest BCUT2D eigenvalue weighted by atomic mass is 16.6. The fourth-order valence-electron chi connectivity index (χ4n) is 0.802. The van der Waals surface area contributed by atoms with Crippen LogP contribution in [0.5, 0.6) is 0 Å². The van der Waals surface area contributed by atoms with Crippen LogP contribution in [0, 0.1) is 20.2 Å². The normalized spacial score (nSPS) is 14.9. The predicted molar refractivity (Wildman–Crippen MR) is 43.6 cm³/mol. The summed E-state index contributed by atoms with van der Waals surface area (Å²) in [7, 11) is 0. The SMILES string of the molecule is CC(CCC(O)C[N+](=O)[O-])[N+](=O)[O-]. The van der Waals surface area contributed by atoms with E-state index in [1.807, 2.05) is 0 Å². The van der Waals surface area contributed by atoms with Crippen LogP contribution in [0.3, 0.4) is 0 Å². The van der Waals surface area contributed by atoms with Gasteiger partial charge in [-0.2, -0.15) is 0 Å². The van der Waals surface area contributed by atoms with Crippen molar-refractivity contribution in [3.63, 3.8) is 0 Å². The van der Waals surface area contributed by atoms with Gasteiger partial charge < -0.3 is 5.11 Å². The zero-order valence-electron chi connectivity index (χ0n) is 7.25. The fraction of sp³-hybridized carbons (Fsp3) is 1.00. The van der Waals surface area contributed by atoms with Gasteiger partial charge >= 0.3 is 0 Å². The van der Waals surface area contributed by atoms with E-state index in [0.717, 1.165) is 0 Å². The summed E-state index contributed by atoms with van der Waals surface area (Å²) in [5.74, 6) is 0. The van der Waals surface area contributed by atoms with E-state index >= 15 is 0 Å². The molecular formula is C6H12N2O5. The van der Waals surface area contributed by atoms with Gasteiger partial charge in [-0.1, -0.05) is 0 Å². The van der Waals surface area contributed by atoms with Gasteiger partial charge in [-0.05, 0) is 6.42 Å². The van der Waals surface area contributed by atoms with Crippen molar-refractivity contribution in [1.82, 2.24) is 0 Å². The van der Waals surface area contributed by atoms with Crippen LogP contribution in [0.15, 0.2) is 0 Å². The molecule has 2 atom stereocenters. The molecule has 0 amide bonds. The van der Waals surface area contributed by atoms with E-state index in [2.05, 4.69) is 0 Å². The number of nitro groups is 2. The van der Waals surface area contributed by atoms with Crippen molar-refractivity contribution in [3.05, 3.63) is 20.2 Å². The molecule has 0 spiro atoms. The van der Waals surface area contributed by atoms with Crippen LogP contribution in [0.2, 0.25) is 0 Å². The first-order chi connectivity index (χ1) is 5.93. The molecular weight excluding hydrogens is 180 g/mol. The Kier molecular flexibility index (Phi) is 4.90. The second-order valence-corrected chi connectivity index (χ2v) is 2.88. The fourth-order valence-corrected chi connectivity index (χ4v) is 0.802. The van der Waals surface area contributed by atoms with Crippen LogP contribution >= 0.6 is 0 Å². The van der Waals surface area contributed by atoms with E-state index in [1.54, 1.807) is 0 Å². The van der Waals surface area contributed by atoms with E-state index in [0.29, 0.717) is 0 Å². The van der Waals surface area contributed by atoms with Gasteiger partial charge in [-0.3, -0.25) is 20.2 Å². The summed E-state index contributed by atoms with van der Waals surface area (Å²) in [5, 5.41) is 29.0. The Hall–Kier alpha value is -1.24. The van der Waals surface area contributed by atoms with Crippen LogP contribution in [-0.2, 0) is 0 Å². The maximum atomic E-state index is 10.1. The van der Waals surface area contributed by atoms with Gasteiger partial charge in [0.05, 0.1) is 0 Å². The van der Waals surface area contributed by atoms with Crippen molar-refractivity contribution >= 4 is 0 Å². The largest absolute Gasteiger partial charge is 0.386 e. The number of aliphatic hydroxyl groups is 1. The highest BCUT2D eigenvalue weighted by molar-refractivity contribution is 4.57. The Bertz CT molecular complexity index is 195. The Labute approximate surface area is 74.7 Å². The zero-order valence-corrected chi connectivity index (χ0v) is 7.25. The average molecular weight is 192 g/mol. The van der Waals surface area contributed by atoms with Crippen LogP contribution in [0.1, 0.15) is 19.8 Å². The molecule has 0 aliphatic rings. The van der Waals surface area contributed by atoms with Crippen LogP contribution in [0.4, 0.5) is 0 Å². The minimum atomic E-state index is -1.09. The molecule has 0 aromatic rings. The van der Waals surface area contributed by atoms with Gasteiger partial charge in [0.15, 0.2) is 0 Å². The summed E-state index contributed by atoms with van der Waals surface area (Å²) < 4.78 is 0. The van der Waals surface area contributed by atoms with E-state index in [1.165, 1.54) is 6.92 Å². The van der Waals surface area contributed by atoms with Gasteiger partial charge in [-0.25, -0.2) is 0 Å². The van der Waals surface area contributed by atoms with Crippen LogP contribution in [0.25, 0.3) is 0 Å². The lowest BCUT2D eigenvalue weighted by Crippen LogP contribution is -2.23. The number of nitrogens with zero attached hydrogens (tertiary/aromatic N) is 2. The molecule has 7 heteroatoms. The van der Waals surface area contributed by atoms with Gasteiger partial charge in [0.1, 0.15) is 6.10 Å². The lowest BCUT2D eigenvalue weighted by molar-refractivity contribution is -0.520. The monoisotopic (exact) mass is 192 g/mol. The molecule has 0 rings (SSSR count). The topological polar surface area (TPSA) is 107 Å². The minimum Gasteiger partial charge on any atom is -0.386 e. The number of rotatable bonds is 6. The molecule has 0 saturated heterocycles. The highest BCUT2D eigenvalue weighted by Crippen LogP contribution is 2.04. The molecule has 0 bridgehead atoms. The maximum Gasteiger partial charge on any atom is 0.229 e. The Morgan fingerprint density at radius 3 is 2.23 bits per heavy atom. The molecule has 0 aliphatic heterocycles. The summed E-state index contributed by atoms with van der Waals surface area (Å²) in [4.78, 5) is 18.9. The van der Waals surface area contributed by atoms with Crippen molar-refractivity contribution in [3.8, 4) is 0 Å². The van der Waals surface area contributed by atoms with E-state index in [4.69, 9.17) is 5.11 Å². The van der Waals surface area contributed by atoms with Crippen molar-refractivity contribution < 1.29 is 15.0 Å². The Balaban J connectivity index is 3.63. The van der Waals surface area contributed by atoms with E-state index < -0.39 is 28.5 Å². The Morgan fingerprint density at radius 1 is 1.31 bits per heavy atom. The van der Waals surface area contributed by atoms with Gasteiger partial charge in [0.25, 0.3) is 0 Å². The molecule has 0 fully saturated rings. The average Bonchev–Trinajstić information content (AvgIpc) is 1.98. The molecule has 0 aromatic carbocycles. The van der Waals surface area contributed by atoms with Crippen LogP contribution < -0.4 is 0 Å². The molecule has 76 valence electrons. The summed E-state index contributed by atoms with van der Waals surface area (Å²) in [6.07, 6.45) is -0.845. The maximum absolute atomic E-state index is 10.1. The molecule has 1 N–H and O–H groups in total. The first-order valence-corrected chi connectivity index (χ1v) is 3.87. The standard InChI is InChI=1S/C6H12N2O5/c1-5(8(12)13)2-3-6(9)4-7(10)11/h5-6,9H,2-4H2,1H3. The second-order valence-electron chi connectivity index (χ2n) is 2.88. The summed E-state index contributed by atoms with van der Waals surface area (Å²) >= 11 is 0. The third kappa shape index (κ3) is 5.97. The second kappa shape index (κ2) is 5.41. The van der Waals surface area contributed by atoms with Crippen molar-refractivity contribution in [2.45, 2.75) is 31.9 Å². The number of hydrogen-bond acceptors (Lipinski definition) is 5. The third-order valence-corrected chi connectivity index (χ3v) is 1.64. The summed E-state index contributed by atoms with van der Waals surface area (Å²) in [5.41, 5.74) is 0. The number of aliphatic hydroxyl groups excluding tert-OH is 1. The molecule has 0 saturated carbocycles. The highest BCUT2D eigenvalue weighted by Gasteiger charge is 2.17. The summed E-state index contributed by atoms with van der Waals surface area (Å²) in [6.45, 7) is 0.851. The number of hydrogen-bond donors (Lipinski definition) is 1. The Morgan fingerprint density at radius 2 is 1.85 bits per heavy atom. The lowest BCUT2D eigenvalue weighted by atomic mass is 10.1. The van der Waals surface area contributed by atoms with Crippen molar-refractivity contribution in [2.75, 3.05) is 6.54 Å². The van der Waals surface area contributed by atoms with Gasteiger partial charge in [-0.15, -0.1) is 0 Å². The molecule has 7 nitrogen and oxygen atoms in total. The minimum absolute atomic E-state index is 0.0864. The van der Waals surface area contributed by atoms with E-state index in [9.17, 15) is 20.2 Å². The van der Waals surface area contributed by atoms with Gasteiger partial charge in [0, 0.05) is 23.2 Å². The molecule has 0 radical (unpaired) electrons.